The van der Waals surface area contributed by atoms with Crippen LogP contribution in [0.25, 0.3) is 0 Å². The third-order valence-corrected chi connectivity index (χ3v) is 2.25. The molecule has 0 saturated heterocycles. The van der Waals surface area contributed by atoms with Gasteiger partial charge in [0.2, 0.25) is 15.9 Å². The summed E-state index contributed by atoms with van der Waals surface area (Å²) < 4.78 is 23.3. The first-order valence-electron chi connectivity index (χ1n) is 3.99. The number of carbonyl (C=O) groups is 1. The number of amides is 1. The van der Waals surface area contributed by atoms with Gasteiger partial charge in [0.25, 0.3) is 0 Å². The van der Waals surface area contributed by atoms with Gasteiger partial charge in [-0.1, -0.05) is 13.8 Å². The molecule has 0 heterocycles. The Morgan fingerprint density at radius 2 is 1.92 bits per heavy atom. The fourth-order valence-corrected chi connectivity index (χ4v) is 1.46. The van der Waals surface area contributed by atoms with Crippen LogP contribution >= 0.6 is 0 Å². The summed E-state index contributed by atoms with van der Waals surface area (Å²) >= 11 is 0. The van der Waals surface area contributed by atoms with E-state index in [9.17, 15) is 13.2 Å². The molecule has 0 aromatic heterocycles. The molecule has 3 N–H and O–H groups in total. The average molecular weight is 208 g/mol. The smallest absolute Gasteiger partial charge is 0.238 e. The summed E-state index contributed by atoms with van der Waals surface area (Å²) in [7, 11) is -3.47. The summed E-state index contributed by atoms with van der Waals surface area (Å²) in [5.41, 5.74) is 5.34. The fraction of sp³-hybridized carbons (Fsp3) is 0.857. The minimum absolute atomic E-state index is 0.0340. The van der Waals surface area contributed by atoms with Gasteiger partial charge in [-0.15, -0.1) is 0 Å². The van der Waals surface area contributed by atoms with Crippen molar-refractivity contribution in [3.8, 4) is 0 Å². The Hall–Kier alpha value is -0.620. The van der Waals surface area contributed by atoms with Gasteiger partial charge in [0.1, 0.15) is 0 Å². The Morgan fingerprint density at radius 3 is 2.15 bits per heavy atom. The topological polar surface area (TPSA) is 89.3 Å². The minimum atomic E-state index is -3.47. The molecule has 0 aliphatic carbocycles. The molecule has 0 radical (unpaired) electrons. The molecule has 0 aromatic rings. The molecule has 6 heteroatoms. The zero-order chi connectivity index (χ0) is 10.6. The predicted octanol–water partition coefficient (Wildman–Crippen LogP) is -0.707. The van der Waals surface area contributed by atoms with Crippen molar-refractivity contribution in [3.63, 3.8) is 0 Å². The molecule has 0 rings (SSSR count). The molecule has 0 aliphatic rings. The number of sulfonamides is 1. The largest absolute Gasteiger partial charge is 0.330 e. The standard InChI is InChI=1S/C7H16N2O3S/c1-5(2)6(4-8)7(10)9-13(3,11)12/h5-6H,4,8H2,1-3H3,(H,9,10). The van der Waals surface area contributed by atoms with Gasteiger partial charge in [-0.3, -0.25) is 9.52 Å². The summed E-state index contributed by atoms with van der Waals surface area (Å²) in [5.74, 6) is -0.943. The van der Waals surface area contributed by atoms with Crippen molar-refractivity contribution >= 4 is 15.9 Å². The number of hydrogen-bond acceptors (Lipinski definition) is 4. The molecule has 13 heavy (non-hydrogen) atoms. The highest BCUT2D eigenvalue weighted by Crippen LogP contribution is 2.09. The summed E-state index contributed by atoms with van der Waals surface area (Å²) in [4.78, 5) is 11.3. The Labute approximate surface area is 78.7 Å². The highest BCUT2D eigenvalue weighted by atomic mass is 32.2. The third-order valence-electron chi connectivity index (χ3n) is 1.68. The number of carbonyl (C=O) groups excluding carboxylic acids is 1. The van der Waals surface area contributed by atoms with Gasteiger partial charge in [-0.25, -0.2) is 8.42 Å². The predicted molar refractivity (Wildman–Crippen MR) is 50.4 cm³/mol. The zero-order valence-electron chi connectivity index (χ0n) is 8.07. The van der Waals surface area contributed by atoms with E-state index in [2.05, 4.69) is 0 Å². The van der Waals surface area contributed by atoms with E-state index in [1.165, 1.54) is 0 Å². The zero-order valence-corrected chi connectivity index (χ0v) is 8.89. The van der Waals surface area contributed by atoms with Gasteiger partial charge in [0.05, 0.1) is 12.2 Å². The SMILES string of the molecule is CC(C)C(CN)C(=O)NS(C)(=O)=O. The maximum Gasteiger partial charge on any atom is 0.238 e. The summed E-state index contributed by atoms with van der Waals surface area (Å²) in [6.45, 7) is 3.79. The first kappa shape index (κ1) is 12.4. The quantitative estimate of drug-likeness (QED) is 0.639. The lowest BCUT2D eigenvalue weighted by Gasteiger charge is -2.16. The molecule has 1 unspecified atom stereocenters. The minimum Gasteiger partial charge on any atom is -0.330 e. The number of nitrogens with two attached hydrogens (primary N) is 1. The van der Waals surface area contributed by atoms with E-state index < -0.39 is 21.8 Å². The van der Waals surface area contributed by atoms with Gasteiger partial charge >= 0.3 is 0 Å². The van der Waals surface area contributed by atoms with Gasteiger partial charge in [-0.2, -0.15) is 0 Å². The summed E-state index contributed by atoms with van der Waals surface area (Å²) in [5, 5.41) is 0. The molecule has 0 aliphatic heterocycles. The number of nitrogens with one attached hydrogen (secondary N) is 1. The highest BCUT2D eigenvalue weighted by Gasteiger charge is 2.22. The maximum absolute atomic E-state index is 11.3. The fourth-order valence-electron chi connectivity index (χ4n) is 0.940. The monoisotopic (exact) mass is 208 g/mol. The van der Waals surface area contributed by atoms with E-state index in [-0.39, 0.29) is 12.5 Å². The molecule has 0 bridgehead atoms. The van der Waals surface area contributed by atoms with E-state index in [0.717, 1.165) is 6.26 Å². The molecule has 78 valence electrons. The van der Waals surface area contributed by atoms with Gasteiger partial charge in [0, 0.05) is 6.54 Å². The Kier molecular flexibility index (Phi) is 4.35. The van der Waals surface area contributed by atoms with Crippen LogP contribution < -0.4 is 10.5 Å². The Balaban J connectivity index is 4.41. The molecular formula is C7H16N2O3S. The first-order valence-corrected chi connectivity index (χ1v) is 5.88. The average Bonchev–Trinajstić information content (AvgIpc) is 1.82. The van der Waals surface area contributed by atoms with Crippen LogP contribution in [-0.4, -0.2) is 27.1 Å². The van der Waals surface area contributed by atoms with E-state index in [1.54, 1.807) is 0 Å². The molecule has 0 fully saturated rings. The molecule has 1 atom stereocenters. The van der Waals surface area contributed by atoms with Crippen LogP contribution in [0.2, 0.25) is 0 Å². The summed E-state index contributed by atoms with van der Waals surface area (Å²) in [6.07, 6.45) is 0.943. The second-order valence-electron chi connectivity index (χ2n) is 3.32. The Morgan fingerprint density at radius 1 is 1.46 bits per heavy atom. The van der Waals surface area contributed by atoms with E-state index in [4.69, 9.17) is 5.73 Å². The molecular weight excluding hydrogens is 192 g/mol. The third kappa shape index (κ3) is 4.84. The van der Waals surface area contributed by atoms with Crippen LogP contribution in [0.3, 0.4) is 0 Å². The van der Waals surface area contributed by atoms with Crippen molar-refractivity contribution in [2.45, 2.75) is 13.8 Å². The first-order chi connectivity index (χ1) is 5.78. The van der Waals surface area contributed by atoms with Crippen LogP contribution in [0.4, 0.5) is 0 Å². The lowest BCUT2D eigenvalue weighted by atomic mass is 9.96. The van der Waals surface area contributed by atoms with Crippen molar-refractivity contribution in [2.24, 2.45) is 17.6 Å². The summed E-state index contributed by atoms with van der Waals surface area (Å²) in [6, 6.07) is 0. The van der Waals surface area contributed by atoms with E-state index >= 15 is 0 Å². The van der Waals surface area contributed by atoms with Crippen molar-refractivity contribution in [1.29, 1.82) is 0 Å². The van der Waals surface area contributed by atoms with Crippen molar-refractivity contribution in [2.75, 3.05) is 12.8 Å². The number of hydrogen-bond donors (Lipinski definition) is 2. The highest BCUT2D eigenvalue weighted by molar-refractivity contribution is 7.89. The van der Waals surface area contributed by atoms with Crippen molar-refractivity contribution < 1.29 is 13.2 Å². The molecule has 0 saturated carbocycles. The lowest BCUT2D eigenvalue weighted by molar-refractivity contribution is -0.124. The number of rotatable bonds is 4. The van der Waals surface area contributed by atoms with Crippen molar-refractivity contribution in [3.05, 3.63) is 0 Å². The Bertz CT molecular complexity index is 271. The van der Waals surface area contributed by atoms with E-state index in [1.807, 2.05) is 18.6 Å². The van der Waals surface area contributed by atoms with Gasteiger partial charge in [-0.05, 0) is 5.92 Å². The molecule has 0 aromatic carbocycles. The molecule has 5 nitrogen and oxygen atoms in total. The second kappa shape index (κ2) is 4.57. The molecule has 0 spiro atoms. The maximum atomic E-state index is 11.3. The van der Waals surface area contributed by atoms with E-state index in [0.29, 0.717) is 0 Å². The second-order valence-corrected chi connectivity index (χ2v) is 5.07. The lowest BCUT2D eigenvalue weighted by Crippen LogP contribution is -2.40. The normalized spacial score (nSPS) is 14.2. The van der Waals surface area contributed by atoms with Gasteiger partial charge in [0.15, 0.2) is 0 Å². The van der Waals surface area contributed by atoms with Crippen LogP contribution in [0.5, 0.6) is 0 Å². The van der Waals surface area contributed by atoms with Gasteiger partial charge < -0.3 is 5.73 Å². The van der Waals surface area contributed by atoms with Crippen molar-refractivity contribution in [1.82, 2.24) is 4.72 Å². The van der Waals surface area contributed by atoms with Crippen LogP contribution in [0, 0.1) is 11.8 Å². The van der Waals surface area contributed by atoms with Crippen LogP contribution in [0.1, 0.15) is 13.8 Å². The van der Waals surface area contributed by atoms with Crippen LogP contribution in [-0.2, 0) is 14.8 Å². The molecule has 1 amide bonds. The van der Waals surface area contributed by atoms with Crippen LogP contribution in [0.15, 0.2) is 0 Å².